The minimum absolute atomic E-state index is 0.0646. The number of ketones is 2. The lowest BCUT2D eigenvalue weighted by molar-refractivity contribution is -0.715. The highest BCUT2D eigenvalue weighted by molar-refractivity contribution is 5.79. The lowest BCUT2D eigenvalue weighted by Crippen LogP contribution is -2.49. The number of fused-ring (bicyclic) bond motifs is 8. The first-order chi connectivity index (χ1) is 29.9. The van der Waals surface area contributed by atoms with Gasteiger partial charge in [0.25, 0.3) is 0 Å². The zero-order valence-corrected chi connectivity index (χ0v) is 37.5. The summed E-state index contributed by atoms with van der Waals surface area (Å²) in [5, 5.41) is 58.4. The maximum Gasteiger partial charge on any atom is 0.133 e. The quantitative estimate of drug-likeness (QED) is 0.164. The molecule has 2 aliphatic heterocycles. The molecule has 352 valence electrons. The Morgan fingerprint density at radius 2 is 1.50 bits per heavy atom. The maximum atomic E-state index is 14.4. The van der Waals surface area contributed by atoms with Gasteiger partial charge in [-0.05, 0) is 158 Å². The Hall–Kier alpha value is -1.62. The summed E-state index contributed by atoms with van der Waals surface area (Å²) in [6.45, 7) is 11.3. The van der Waals surface area contributed by atoms with Crippen molar-refractivity contribution in [3.05, 3.63) is 24.3 Å². The minimum atomic E-state index is -0.973. The molecule has 1 unspecified atom stereocenters. The molecule has 8 bridgehead atoms. The highest BCUT2D eigenvalue weighted by Gasteiger charge is 2.54. The summed E-state index contributed by atoms with van der Waals surface area (Å²) in [6, 6.07) is 0. The van der Waals surface area contributed by atoms with Crippen molar-refractivity contribution in [1.82, 2.24) is 0 Å². The van der Waals surface area contributed by atoms with Crippen molar-refractivity contribution in [3.8, 4) is 0 Å². The highest BCUT2D eigenvalue weighted by Crippen LogP contribution is 2.51. The van der Waals surface area contributed by atoms with E-state index in [1.165, 1.54) is 11.1 Å². The Morgan fingerprint density at radius 3 is 2.31 bits per heavy atom. The summed E-state index contributed by atoms with van der Waals surface area (Å²) in [6.07, 6.45) is 10.8. The molecule has 4 N–H and O–H groups in total. The standard InChI is InChI=1S/C49H78O13/c1-28-16-32-10-12-34-18-33(17-29(34)2)11-14-38(51)21-37-23-42-41(46(37)54)22-35-13-9-31(8-6-5-7-15-57-60-62-61-59-48(35)47(42)55)20-39(52)25-43-44(24-36(19-32)30(28)3)58-45(49(43)56-4)26-40(53)27-50/h28,31-37,40-50,53-55H,2-3,5-27H2,1,4H3/t28-,31-,32+,33-,34+,35+,36-,37?,40+,41+,42+,43+,44+,45-,46+,47+,48-,49-/m1/s1. The van der Waals surface area contributed by atoms with Crippen molar-refractivity contribution in [3.63, 3.8) is 0 Å². The maximum absolute atomic E-state index is 14.4. The number of methoxy groups -OCH3 is 1. The average Bonchev–Trinajstić information content (AvgIpc) is 3.87. The number of Topliss-reactive ketones (excluding diaryl/α,β-unsaturated/α-hetero) is 2. The molecule has 18 atom stereocenters. The van der Waals surface area contributed by atoms with Crippen LogP contribution < -0.4 is 0 Å². The van der Waals surface area contributed by atoms with Gasteiger partial charge in [0, 0.05) is 45.1 Å². The molecule has 0 spiro atoms. The number of ether oxygens (including phenoxy) is 2. The molecule has 7 fully saturated rings. The summed E-state index contributed by atoms with van der Waals surface area (Å²) < 4.78 is 12.9. The summed E-state index contributed by atoms with van der Waals surface area (Å²) >= 11 is 0. The number of carbonyl (C=O) groups is 2. The zero-order valence-electron chi connectivity index (χ0n) is 37.5. The highest BCUT2D eigenvalue weighted by atomic mass is 17.8. The summed E-state index contributed by atoms with van der Waals surface area (Å²) in [4.78, 5) is 38.8. The van der Waals surface area contributed by atoms with Crippen LogP contribution in [0.4, 0.5) is 0 Å². The van der Waals surface area contributed by atoms with Crippen molar-refractivity contribution in [1.29, 1.82) is 0 Å². The van der Waals surface area contributed by atoms with Crippen LogP contribution >= 0.6 is 0 Å². The smallest absolute Gasteiger partial charge is 0.133 e. The van der Waals surface area contributed by atoms with E-state index in [9.17, 15) is 30.0 Å². The number of allylic oxidation sites excluding steroid dienone is 2. The predicted molar refractivity (Wildman–Crippen MR) is 228 cm³/mol. The second kappa shape index (κ2) is 22.7. The van der Waals surface area contributed by atoms with Crippen LogP contribution in [0.3, 0.4) is 0 Å². The molecule has 13 heteroatoms. The fraction of sp³-hybridized carbons (Fsp3) is 0.878. The van der Waals surface area contributed by atoms with E-state index in [1.54, 1.807) is 7.11 Å². The number of aliphatic hydroxyl groups is 4. The molecule has 0 amide bonds. The topological polar surface area (TPSA) is 180 Å². The number of carbonyl (C=O) groups excluding carboxylic acids is 2. The Balaban J connectivity index is 1.15. The fourth-order valence-corrected chi connectivity index (χ4v) is 13.6. The molecule has 0 aromatic heterocycles. The van der Waals surface area contributed by atoms with E-state index in [0.717, 1.165) is 77.0 Å². The Labute approximate surface area is 369 Å². The monoisotopic (exact) mass is 875 g/mol. The van der Waals surface area contributed by atoms with Crippen LogP contribution in [-0.2, 0) is 44.0 Å². The molecule has 0 radical (unpaired) electrons. The fourth-order valence-electron chi connectivity index (χ4n) is 13.6. The lowest BCUT2D eigenvalue weighted by Gasteiger charge is -2.42. The van der Waals surface area contributed by atoms with E-state index in [1.807, 2.05) is 0 Å². The van der Waals surface area contributed by atoms with Gasteiger partial charge in [0.1, 0.15) is 17.7 Å². The number of hydrogen-bond acceptors (Lipinski definition) is 13. The number of rotatable bonds is 4. The van der Waals surface area contributed by atoms with Gasteiger partial charge in [-0.25, -0.2) is 4.89 Å². The first-order valence-corrected chi connectivity index (χ1v) is 24.4. The van der Waals surface area contributed by atoms with E-state index < -0.39 is 36.6 Å². The molecule has 7 aliphatic rings. The van der Waals surface area contributed by atoms with Crippen LogP contribution in [-0.4, -0.2) is 95.0 Å². The van der Waals surface area contributed by atoms with Crippen LogP contribution in [0.25, 0.3) is 0 Å². The molecule has 2 heterocycles. The van der Waals surface area contributed by atoms with E-state index in [-0.39, 0.29) is 85.2 Å². The van der Waals surface area contributed by atoms with Crippen molar-refractivity contribution < 1.29 is 64.4 Å². The predicted octanol–water partition coefficient (Wildman–Crippen LogP) is 7.28. The van der Waals surface area contributed by atoms with Gasteiger partial charge >= 0.3 is 0 Å². The Kier molecular flexibility index (Phi) is 17.7. The van der Waals surface area contributed by atoms with Crippen LogP contribution in [0.5, 0.6) is 0 Å². The minimum Gasteiger partial charge on any atom is -0.394 e. The van der Waals surface area contributed by atoms with Gasteiger partial charge in [0.15, 0.2) is 0 Å². The van der Waals surface area contributed by atoms with Crippen molar-refractivity contribution in [2.45, 2.75) is 184 Å². The molecule has 13 nitrogen and oxygen atoms in total. The van der Waals surface area contributed by atoms with E-state index in [0.29, 0.717) is 68.6 Å². The molecule has 0 aromatic carbocycles. The van der Waals surface area contributed by atoms with Crippen molar-refractivity contribution in [2.75, 3.05) is 20.3 Å². The number of aliphatic hydroxyl groups excluding tert-OH is 4. The van der Waals surface area contributed by atoms with E-state index in [2.05, 4.69) is 20.1 Å². The second-order valence-corrected chi connectivity index (χ2v) is 21.0. The third-order valence-corrected chi connectivity index (χ3v) is 17.0. The molecule has 0 aromatic rings. The largest absolute Gasteiger partial charge is 0.394 e. The van der Waals surface area contributed by atoms with Crippen molar-refractivity contribution in [2.24, 2.45) is 65.1 Å². The molecule has 5 aliphatic carbocycles. The summed E-state index contributed by atoms with van der Waals surface area (Å²) in [5.41, 5.74) is 2.55. The van der Waals surface area contributed by atoms with Gasteiger partial charge in [0.05, 0.1) is 49.8 Å². The van der Waals surface area contributed by atoms with Crippen LogP contribution in [0.15, 0.2) is 24.3 Å². The summed E-state index contributed by atoms with van der Waals surface area (Å²) in [5.74, 6) is 1.26. The van der Waals surface area contributed by atoms with Crippen LogP contribution in [0.2, 0.25) is 0 Å². The van der Waals surface area contributed by atoms with Crippen molar-refractivity contribution >= 4 is 11.6 Å². The normalized spacial score (nSPS) is 44.3. The molecular weight excluding hydrogens is 797 g/mol. The van der Waals surface area contributed by atoms with Gasteiger partial charge in [-0.3, -0.25) is 9.59 Å². The molecule has 62 heavy (non-hydrogen) atoms. The first-order valence-electron chi connectivity index (χ1n) is 24.4. The lowest BCUT2D eigenvalue weighted by atomic mass is 9.68. The summed E-state index contributed by atoms with van der Waals surface area (Å²) in [7, 11) is 1.65. The van der Waals surface area contributed by atoms with Gasteiger partial charge < -0.3 is 29.9 Å². The van der Waals surface area contributed by atoms with Gasteiger partial charge in [-0.2, -0.15) is 4.89 Å². The number of hydrogen-bond donors (Lipinski definition) is 4. The van der Waals surface area contributed by atoms with Crippen LogP contribution in [0.1, 0.15) is 142 Å². The zero-order chi connectivity index (χ0) is 43.9. The molecule has 7 rings (SSSR count). The third-order valence-electron chi connectivity index (χ3n) is 17.0. The molecular formula is C49H78O13. The molecule has 2 saturated heterocycles. The van der Waals surface area contributed by atoms with E-state index >= 15 is 0 Å². The van der Waals surface area contributed by atoms with E-state index in [4.69, 9.17) is 34.4 Å². The second-order valence-electron chi connectivity index (χ2n) is 21.0. The average molecular weight is 875 g/mol. The van der Waals surface area contributed by atoms with Gasteiger partial charge in [0.2, 0.25) is 0 Å². The Bertz CT molecular complexity index is 1490. The third kappa shape index (κ3) is 12.0. The first kappa shape index (κ1) is 48.3. The Morgan fingerprint density at radius 1 is 0.726 bits per heavy atom. The molecule has 5 saturated carbocycles. The SMILES string of the molecule is C=C1C[C@H]2CCC(=O)CC3C[C@@H]4[C@H](O)[C@@H]5OOOOOCCCCC[C@H](CC[C@H]5C[C@@H]4[C@H]3O)CC(=O)C[C@@H]3[C@@H](OC)[C@@H](C[C@H](O)CO)O[C@H]3C[C@H]3C[C@@H](CC[C@H]1C2)C[C@@H](C)C3=C. The van der Waals surface area contributed by atoms with Gasteiger partial charge in [-0.15, -0.1) is 0 Å². The van der Waals surface area contributed by atoms with Crippen LogP contribution in [0, 0.1) is 65.1 Å². The van der Waals surface area contributed by atoms with Gasteiger partial charge in [-0.1, -0.05) is 50.5 Å².